The van der Waals surface area contributed by atoms with Gasteiger partial charge in [0.15, 0.2) is 0 Å². The number of hydrogen-bond donors (Lipinski definition) is 0. The first kappa shape index (κ1) is 17.2. The number of hydrogen-bond acceptors (Lipinski definition) is 5. The molecular weight excluding hydrogens is 342 g/mol. The van der Waals surface area contributed by atoms with Crippen LogP contribution in [0, 0.1) is 0 Å². The van der Waals surface area contributed by atoms with Crippen molar-refractivity contribution in [1.82, 2.24) is 4.31 Å². The minimum Gasteiger partial charge on any atom is -0.457 e. The molecule has 7 heteroatoms. The van der Waals surface area contributed by atoms with Crippen molar-refractivity contribution in [3.63, 3.8) is 0 Å². The molecule has 0 saturated heterocycles. The summed E-state index contributed by atoms with van der Waals surface area (Å²) >= 11 is 0. The zero-order valence-electron chi connectivity index (χ0n) is 13.9. The number of aryl methyl sites for hydroxylation is 1. The lowest BCUT2D eigenvalue weighted by atomic mass is 10.1. The van der Waals surface area contributed by atoms with Gasteiger partial charge in [0, 0.05) is 7.05 Å². The monoisotopic (exact) mass is 359 g/mol. The molecule has 3 rings (SSSR count). The fraction of sp³-hybridized carbons (Fsp3) is 0.222. The highest BCUT2D eigenvalue weighted by molar-refractivity contribution is 7.90. The minimum atomic E-state index is -3.89. The third kappa shape index (κ3) is 3.02. The van der Waals surface area contributed by atoms with E-state index in [0.717, 1.165) is 17.5 Å². The Hall–Kier alpha value is -2.67. The van der Waals surface area contributed by atoms with E-state index in [2.05, 4.69) is 0 Å². The standard InChI is InChI=1S/C18H17NO5S/c1-3-12-5-4-6-13(9-12)11-24-18(21)14-7-8-15-16(10-14)25(22,23)19(2)17(15)20/h4-10H,3,11H2,1-2H3. The number of amides is 1. The Labute approximate surface area is 146 Å². The third-order valence-electron chi connectivity index (χ3n) is 4.14. The second kappa shape index (κ2) is 6.33. The molecule has 130 valence electrons. The van der Waals surface area contributed by atoms with Crippen LogP contribution in [0.25, 0.3) is 0 Å². The smallest absolute Gasteiger partial charge is 0.338 e. The van der Waals surface area contributed by atoms with Crippen molar-refractivity contribution in [3.05, 3.63) is 64.7 Å². The van der Waals surface area contributed by atoms with Crippen LogP contribution < -0.4 is 0 Å². The van der Waals surface area contributed by atoms with Crippen LogP contribution in [0.15, 0.2) is 47.4 Å². The van der Waals surface area contributed by atoms with Crippen LogP contribution in [0.4, 0.5) is 0 Å². The average Bonchev–Trinajstić information content (AvgIpc) is 2.80. The number of carbonyl (C=O) groups excluding carboxylic acids is 2. The van der Waals surface area contributed by atoms with Gasteiger partial charge in [0.05, 0.1) is 11.1 Å². The van der Waals surface area contributed by atoms with Crippen LogP contribution in [-0.4, -0.2) is 31.6 Å². The minimum absolute atomic E-state index is 0.0645. The molecule has 0 radical (unpaired) electrons. The third-order valence-corrected chi connectivity index (χ3v) is 5.92. The van der Waals surface area contributed by atoms with E-state index in [1.807, 2.05) is 31.2 Å². The van der Waals surface area contributed by atoms with Gasteiger partial charge < -0.3 is 4.74 Å². The molecule has 1 amide bonds. The molecule has 0 aromatic heterocycles. The lowest BCUT2D eigenvalue weighted by molar-refractivity contribution is 0.0472. The van der Waals surface area contributed by atoms with Gasteiger partial charge in [-0.2, -0.15) is 0 Å². The van der Waals surface area contributed by atoms with E-state index in [1.54, 1.807) is 0 Å². The summed E-state index contributed by atoms with van der Waals surface area (Å²) in [6.45, 7) is 2.13. The van der Waals surface area contributed by atoms with Crippen LogP contribution in [0.3, 0.4) is 0 Å². The molecular formula is C18H17NO5S. The quantitative estimate of drug-likeness (QED) is 0.783. The second-order valence-electron chi connectivity index (χ2n) is 5.74. The van der Waals surface area contributed by atoms with Gasteiger partial charge in [-0.15, -0.1) is 0 Å². The van der Waals surface area contributed by atoms with E-state index in [-0.39, 0.29) is 22.6 Å². The summed E-state index contributed by atoms with van der Waals surface area (Å²) in [7, 11) is -2.70. The summed E-state index contributed by atoms with van der Waals surface area (Å²) in [6, 6.07) is 11.6. The van der Waals surface area contributed by atoms with Gasteiger partial charge >= 0.3 is 5.97 Å². The molecule has 0 spiro atoms. The number of fused-ring (bicyclic) bond motifs is 1. The maximum Gasteiger partial charge on any atom is 0.338 e. The largest absolute Gasteiger partial charge is 0.457 e. The Balaban J connectivity index is 1.80. The summed E-state index contributed by atoms with van der Waals surface area (Å²) in [4.78, 5) is 24.0. The molecule has 0 bridgehead atoms. The van der Waals surface area contributed by atoms with E-state index in [4.69, 9.17) is 4.74 Å². The summed E-state index contributed by atoms with van der Waals surface area (Å²) in [6.07, 6.45) is 0.881. The van der Waals surface area contributed by atoms with Crippen molar-refractivity contribution in [3.8, 4) is 0 Å². The molecule has 2 aromatic carbocycles. The maximum atomic E-state index is 12.2. The van der Waals surface area contributed by atoms with Crippen molar-refractivity contribution < 1.29 is 22.7 Å². The molecule has 1 aliphatic rings. The first-order valence-electron chi connectivity index (χ1n) is 7.77. The highest BCUT2D eigenvalue weighted by atomic mass is 32.2. The van der Waals surface area contributed by atoms with E-state index < -0.39 is 21.9 Å². The summed E-state index contributed by atoms with van der Waals surface area (Å²) < 4.78 is 30.3. The van der Waals surface area contributed by atoms with Crippen molar-refractivity contribution >= 4 is 21.9 Å². The highest BCUT2D eigenvalue weighted by Crippen LogP contribution is 2.29. The van der Waals surface area contributed by atoms with Gasteiger partial charge in [0.25, 0.3) is 15.9 Å². The molecule has 2 aromatic rings. The molecule has 0 fully saturated rings. The number of carbonyl (C=O) groups is 2. The highest BCUT2D eigenvalue weighted by Gasteiger charge is 2.39. The van der Waals surface area contributed by atoms with Crippen LogP contribution in [0.2, 0.25) is 0 Å². The summed E-state index contributed by atoms with van der Waals surface area (Å²) in [5, 5.41) is 0. The van der Waals surface area contributed by atoms with Crippen molar-refractivity contribution in [2.45, 2.75) is 24.8 Å². The van der Waals surface area contributed by atoms with Gasteiger partial charge in [-0.25, -0.2) is 17.5 Å². The lowest BCUT2D eigenvalue weighted by Gasteiger charge is -2.07. The molecule has 1 aliphatic heterocycles. The number of esters is 1. The molecule has 0 unspecified atom stereocenters. The van der Waals surface area contributed by atoms with Gasteiger partial charge in [-0.1, -0.05) is 31.2 Å². The molecule has 25 heavy (non-hydrogen) atoms. The number of rotatable bonds is 4. The fourth-order valence-electron chi connectivity index (χ4n) is 2.64. The maximum absolute atomic E-state index is 12.2. The molecule has 0 saturated carbocycles. The average molecular weight is 359 g/mol. The molecule has 1 heterocycles. The topological polar surface area (TPSA) is 80.8 Å². The van der Waals surface area contributed by atoms with E-state index in [0.29, 0.717) is 4.31 Å². The predicted molar refractivity (Wildman–Crippen MR) is 90.7 cm³/mol. The first-order valence-corrected chi connectivity index (χ1v) is 9.21. The summed E-state index contributed by atoms with van der Waals surface area (Å²) in [5.41, 5.74) is 2.15. The number of nitrogens with zero attached hydrogens (tertiary/aromatic N) is 1. The SMILES string of the molecule is CCc1cccc(COC(=O)c2ccc3c(c2)S(=O)(=O)N(C)C3=O)c1. The Bertz CT molecular complexity index is 965. The van der Waals surface area contributed by atoms with Crippen molar-refractivity contribution in [1.29, 1.82) is 0 Å². The zero-order valence-corrected chi connectivity index (χ0v) is 14.7. The Morgan fingerprint density at radius 2 is 1.84 bits per heavy atom. The molecule has 6 nitrogen and oxygen atoms in total. The fourth-order valence-corrected chi connectivity index (χ4v) is 3.96. The van der Waals surface area contributed by atoms with Crippen molar-refractivity contribution in [2.75, 3.05) is 7.05 Å². The lowest BCUT2D eigenvalue weighted by Crippen LogP contribution is -2.24. The van der Waals surface area contributed by atoms with Crippen LogP contribution >= 0.6 is 0 Å². The zero-order chi connectivity index (χ0) is 18.2. The van der Waals surface area contributed by atoms with Gasteiger partial charge in [0.1, 0.15) is 11.5 Å². The second-order valence-corrected chi connectivity index (χ2v) is 7.68. The molecule has 0 aliphatic carbocycles. The van der Waals surface area contributed by atoms with Gasteiger partial charge in [0.2, 0.25) is 0 Å². The van der Waals surface area contributed by atoms with Gasteiger partial charge in [-0.05, 0) is 35.7 Å². The normalized spacial score (nSPS) is 15.1. The number of benzene rings is 2. The summed E-state index contributed by atoms with van der Waals surface area (Å²) in [5.74, 6) is -1.24. The van der Waals surface area contributed by atoms with Crippen LogP contribution in [-0.2, 0) is 27.8 Å². The number of ether oxygens (including phenoxy) is 1. The Morgan fingerprint density at radius 1 is 1.12 bits per heavy atom. The van der Waals surface area contributed by atoms with E-state index in [1.165, 1.54) is 25.2 Å². The predicted octanol–water partition coefficient (Wildman–Crippen LogP) is 2.38. The number of sulfonamides is 1. The molecule has 0 N–H and O–H groups in total. The van der Waals surface area contributed by atoms with Crippen LogP contribution in [0.1, 0.15) is 38.8 Å². The van der Waals surface area contributed by atoms with Crippen molar-refractivity contribution in [2.24, 2.45) is 0 Å². The Kier molecular flexibility index (Phi) is 4.34. The van der Waals surface area contributed by atoms with E-state index in [9.17, 15) is 18.0 Å². The first-order chi connectivity index (χ1) is 11.8. The van der Waals surface area contributed by atoms with E-state index >= 15 is 0 Å². The van der Waals surface area contributed by atoms with Gasteiger partial charge in [-0.3, -0.25) is 4.79 Å². The van der Waals surface area contributed by atoms with Crippen LogP contribution in [0.5, 0.6) is 0 Å². The Morgan fingerprint density at radius 3 is 2.56 bits per heavy atom. The molecule has 0 atom stereocenters.